The van der Waals surface area contributed by atoms with Gasteiger partial charge in [0.2, 0.25) is 5.91 Å². The molecule has 2 fully saturated rings. The fraction of sp³-hybridized carbons (Fsp3) is 0.423. The smallest absolute Gasteiger partial charge is 0.256 e. The van der Waals surface area contributed by atoms with Gasteiger partial charge in [0, 0.05) is 38.4 Å². The summed E-state index contributed by atoms with van der Waals surface area (Å²) in [6.07, 6.45) is 0.765. The number of carbonyl (C=O) groups is 2. The molecule has 0 saturated carbocycles. The molecule has 0 bridgehead atoms. The third-order valence-corrected chi connectivity index (χ3v) is 7.04. The van der Waals surface area contributed by atoms with Gasteiger partial charge in [0.1, 0.15) is 17.6 Å². The fourth-order valence-electron chi connectivity index (χ4n) is 4.51. The lowest BCUT2D eigenvalue weighted by atomic mass is 10.1. The molecule has 2 aliphatic rings. The minimum atomic E-state index is -0.715. The molecule has 0 aliphatic carbocycles. The van der Waals surface area contributed by atoms with Crippen LogP contribution in [0.4, 0.5) is 15.8 Å². The minimum Gasteiger partial charge on any atom is -0.497 e. The Morgan fingerprint density at radius 3 is 2.36 bits per heavy atom. The third kappa shape index (κ3) is 6.18. The molecule has 2 aromatic rings. The van der Waals surface area contributed by atoms with Crippen molar-refractivity contribution in [3.8, 4) is 5.75 Å². The lowest BCUT2D eigenvalue weighted by Crippen LogP contribution is -2.45. The normalized spacial score (nSPS) is 19.1. The van der Waals surface area contributed by atoms with Gasteiger partial charge in [-0.25, -0.2) is 4.39 Å². The third-order valence-electron chi connectivity index (χ3n) is 6.63. The summed E-state index contributed by atoms with van der Waals surface area (Å²) in [6.45, 7) is 5.58. The van der Waals surface area contributed by atoms with Crippen LogP contribution in [0.25, 0.3) is 0 Å². The van der Waals surface area contributed by atoms with Gasteiger partial charge in [-0.3, -0.25) is 14.5 Å². The Morgan fingerprint density at radius 2 is 1.72 bits per heavy atom. The zero-order valence-corrected chi connectivity index (χ0v) is 21.5. The molecule has 2 heterocycles. The molecule has 36 heavy (non-hydrogen) atoms. The highest BCUT2D eigenvalue weighted by Crippen LogP contribution is 2.29. The number of nitrogens with one attached hydrogen (secondary N) is 1. The number of likely N-dealkylation sites (N-methyl/N-ethyl adjacent to an activating group) is 1. The first kappa shape index (κ1) is 26.0. The van der Waals surface area contributed by atoms with E-state index < -0.39 is 6.04 Å². The van der Waals surface area contributed by atoms with Crippen molar-refractivity contribution in [1.82, 2.24) is 14.7 Å². The molecular weight excluding hydrogens is 481 g/mol. The topological polar surface area (TPSA) is 68.4 Å². The van der Waals surface area contributed by atoms with Crippen molar-refractivity contribution in [3.63, 3.8) is 0 Å². The van der Waals surface area contributed by atoms with E-state index in [1.54, 1.807) is 31.4 Å². The van der Waals surface area contributed by atoms with Crippen molar-refractivity contribution in [1.29, 1.82) is 0 Å². The Bertz CT molecular complexity index is 1070. The van der Waals surface area contributed by atoms with Gasteiger partial charge in [0.15, 0.2) is 5.11 Å². The van der Waals surface area contributed by atoms with Gasteiger partial charge in [-0.2, -0.15) is 0 Å². The monoisotopic (exact) mass is 513 g/mol. The lowest BCUT2D eigenvalue weighted by Gasteiger charge is -2.33. The highest BCUT2D eigenvalue weighted by molar-refractivity contribution is 7.80. The van der Waals surface area contributed by atoms with Crippen molar-refractivity contribution >= 4 is 40.5 Å². The molecule has 4 rings (SSSR count). The van der Waals surface area contributed by atoms with Crippen molar-refractivity contribution < 1.29 is 18.7 Å². The number of amides is 2. The number of thiocarbonyl (C=S) groups is 1. The molecular formula is C26H32FN5O3S. The molecule has 1 N–H and O–H groups in total. The van der Waals surface area contributed by atoms with Gasteiger partial charge in [-0.05, 0) is 80.8 Å². The van der Waals surface area contributed by atoms with E-state index in [1.807, 2.05) is 4.90 Å². The van der Waals surface area contributed by atoms with Gasteiger partial charge in [0.25, 0.3) is 5.91 Å². The number of hydrogen-bond donors (Lipinski definition) is 1. The number of piperazine rings is 1. The van der Waals surface area contributed by atoms with Crippen LogP contribution in [0, 0.1) is 5.82 Å². The summed E-state index contributed by atoms with van der Waals surface area (Å²) >= 11 is 5.75. The van der Waals surface area contributed by atoms with Gasteiger partial charge in [-0.1, -0.05) is 0 Å². The van der Waals surface area contributed by atoms with Crippen molar-refractivity contribution in [2.45, 2.75) is 18.9 Å². The summed E-state index contributed by atoms with van der Waals surface area (Å²) in [6, 6.07) is 11.9. The van der Waals surface area contributed by atoms with Crippen LogP contribution in [0.15, 0.2) is 48.5 Å². The number of nitrogens with zero attached hydrogens (tertiary/aromatic N) is 4. The SMILES string of the molecule is COc1ccc(N2C(=O)C(CC(=O)Nc3ccc(F)cc3)N(CCCN3CCN(C)CC3)C2=S)cc1. The summed E-state index contributed by atoms with van der Waals surface area (Å²) in [7, 11) is 3.71. The second kappa shape index (κ2) is 11.8. The van der Waals surface area contributed by atoms with Crippen LogP contribution < -0.4 is 15.0 Å². The average Bonchev–Trinajstić information content (AvgIpc) is 3.10. The van der Waals surface area contributed by atoms with Crippen LogP contribution in [0.1, 0.15) is 12.8 Å². The van der Waals surface area contributed by atoms with Gasteiger partial charge >= 0.3 is 0 Å². The summed E-state index contributed by atoms with van der Waals surface area (Å²) in [5.74, 6) is -0.274. The maximum absolute atomic E-state index is 13.5. The van der Waals surface area contributed by atoms with E-state index in [2.05, 4.69) is 22.2 Å². The average molecular weight is 514 g/mol. The Labute approximate surface area is 216 Å². The minimum absolute atomic E-state index is 0.0580. The molecule has 1 unspecified atom stereocenters. The fourth-order valence-corrected chi connectivity index (χ4v) is 4.93. The second-order valence-electron chi connectivity index (χ2n) is 9.12. The van der Waals surface area contributed by atoms with E-state index in [0.29, 0.717) is 28.8 Å². The molecule has 8 nitrogen and oxygen atoms in total. The largest absolute Gasteiger partial charge is 0.497 e. The molecule has 2 saturated heterocycles. The molecule has 2 aromatic carbocycles. The molecule has 192 valence electrons. The summed E-state index contributed by atoms with van der Waals surface area (Å²) in [4.78, 5) is 34.5. The van der Waals surface area contributed by atoms with E-state index in [9.17, 15) is 14.0 Å². The number of halogens is 1. The molecule has 0 aromatic heterocycles. The van der Waals surface area contributed by atoms with Crippen LogP contribution in [0.3, 0.4) is 0 Å². The first-order valence-electron chi connectivity index (χ1n) is 12.1. The van der Waals surface area contributed by atoms with Crippen molar-refractivity contribution in [3.05, 3.63) is 54.3 Å². The molecule has 2 amide bonds. The number of carbonyl (C=O) groups excluding carboxylic acids is 2. The first-order chi connectivity index (χ1) is 17.4. The Morgan fingerprint density at radius 1 is 1.06 bits per heavy atom. The molecule has 0 radical (unpaired) electrons. The Kier molecular flexibility index (Phi) is 8.50. The zero-order chi connectivity index (χ0) is 25.7. The molecule has 2 aliphatic heterocycles. The van der Waals surface area contributed by atoms with Crippen molar-refractivity contribution in [2.24, 2.45) is 0 Å². The highest BCUT2D eigenvalue weighted by atomic mass is 32.1. The maximum atomic E-state index is 13.5. The Balaban J connectivity index is 1.47. The maximum Gasteiger partial charge on any atom is 0.256 e. The van der Waals surface area contributed by atoms with E-state index in [-0.39, 0.29) is 24.1 Å². The number of hydrogen-bond acceptors (Lipinski definition) is 6. The summed E-state index contributed by atoms with van der Waals surface area (Å²) in [5, 5.41) is 3.15. The van der Waals surface area contributed by atoms with Crippen LogP contribution >= 0.6 is 12.2 Å². The lowest BCUT2D eigenvalue weighted by molar-refractivity contribution is -0.124. The predicted molar refractivity (Wildman–Crippen MR) is 142 cm³/mol. The van der Waals surface area contributed by atoms with E-state index in [0.717, 1.165) is 39.1 Å². The number of methoxy groups -OCH3 is 1. The number of ether oxygens (including phenoxy) is 1. The van der Waals surface area contributed by atoms with Crippen LogP contribution in [-0.2, 0) is 9.59 Å². The van der Waals surface area contributed by atoms with Crippen LogP contribution in [0.5, 0.6) is 5.75 Å². The van der Waals surface area contributed by atoms with Gasteiger partial charge in [0.05, 0.1) is 19.2 Å². The van der Waals surface area contributed by atoms with Crippen LogP contribution in [0.2, 0.25) is 0 Å². The van der Waals surface area contributed by atoms with E-state index in [4.69, 9.17) is 17.0 Å². The van der Waals surface area contributed by atoms with Crippen LogP contribution in [-0.4, -0.2) is 91.1 Å². The van der Waals surface area contributed by atoms with Crippen molar-refractivity contribution in [2.75, 3.05) is 63.6 Å². The number of benzene rings is 2. The number of rotatable bonds is 9. The molecule has 1 atom stereocenters. The van der Waals surface area contributed by atoms with E-state index in [1.165, 1.54) is 29.2 Å². The van der Waals surface area contributed by atoms with Gasteiger partial charge in [-0.15, -0.1) is 0 Å². The highest BCUT2D eigenvalue weighted by Gasteiger charge is 2.43. The number of anilines is 2. The summed E-state index contributed by atoms with van der Waals surface area (Å²) < 4.78 is 18.5. The standard InChI is InChI=1S/C26H32FN5O3S/c1-29-14-16-30(17-15-29)12-3-13-31-23(18-24(33)28-20-6-4-19(27)5-7-20)25(34)32(26(31)36)21-8-10-22(35-2)11-9-21/h4-11,23H,3,12-18H2,1-2H3,(H,28,33). The van der Waals surface area contributed by atoms with E-state index >= 15 is 0 Å². The predicted octanol–water partition coefficient (Wildman–Crippen LogP) is 2.80. The molecule has 0 spiro atoms. The quantitative estimate of drug-likeness (QED) is 0.517. The molecule has 10 heteroatoms. The van der Waals surface area contributed by atoms with Gasteiger partial charge < -0.3 is 24.8 Å². The zero-order valence-electron chi connectivity index (χ0n) is 20.7. The Hall–Kier alpha value is -3.08. The second-order valence-corrected chi connectivity index (χ2v) is 9.49. The summed E-state index contributed by atoms with van der Waals surface area (Å²) in [5.41, 5.74) is 1.11. The first-order valence-corrected chi connectivity index (χ1v) is 12.5.